The minimum atomic E-state index is -0.615. The molecule has 16 heavy (non-hydrogen) atoms. The largest absolute Gasteiger partial charge is 0.349 e. The summed E-state index contributed by atoms with van der Waals surface area (Å²) in [6, 6.07) is 2.94. The lowest BCUT2D eigenvalue weighted by molar-refractivity contribution is 0.0927. The lowest BCUT2D eigenvalue weighted by atomic mass is 9.95. The Bertz CT molecular complexity index is 375. The molecular weight excluding hydrogens is 207 g/mol. The molecule has 2 rings (SSSR count). The molecule has 0 saturated heterocycles. The predicted octanol–water partition coefficient (Wildman–Crippen LogP) is 2.28. The maximum absolute atomic E-state index is 12.8. The number of pyridine rings is 1. The Kier molecular flexibility index (Phi) is 3.49. The molecule has 0 aromatic carbocycles. The second kappa shape index (κ2) is 5.05. The van der Waals surface area contributed by atoms with Crippen molar-refractivity contribution in [1.82, 2.24) is 10.3 Å². The van der Waals surface area contributed by atoms with Crippen LogP contribution >= 0.6 is 0 Å². The molecule has 0 radical (unpaired) electrons. The monoisotopic (exact) mass is 222 g/mol. The standard InChI is InChI=1S/C12H15FN2O/c13-11-8-9(6-7-14-11)12(16)15-10-4-2-1-3-5-10/h6-8,10H,1-5H2,(H,15,16). The first-order valence-corrected chi connectivity index (χ1v) is 5.68. The molecule has 1 amide bonds. The van der Waals surface area contributed by atoms with Crippen LogP contribution < -0.4 is 5.32 Å². The number of aromatic nitrogens is 1. The zero-order valence-corrected chi connectivity index (χ0v) is 9.08. The number of hydrogen-bond acceptors (Lipinski definition) is 2. The van der Waals surface area contributed by atoms with Crippen molar-refractivity contribution >= 4 is 5.91 Å². The molecule has 1 aliphatic carbocycles. The van der Waals surface area contributed by atoms with Crippen molar-refractivity contribution in [2.45, 2.75) is 38.1 Å². The first-order chi connectivity index (χ1) is 7.75. The highest BCUT2D eigenvalue weighted by molar-refractivity contribution is 5.94. The van der Waals surface area contributed by atoms with E-state index in [0.29, 0.717) is 5.56 Å². The minimum absolute atomic E-state index is 0.201. The Hall–Kier alpha value is -1.45. The normalized spacial score (nSPS) is 17.1. The van der Waals surface area contributed by atoms with Gasteiger partial charge in [-0.3, -0.25) is 4.79 Å². The zero-order chi connectivity index (χ0) is 11.4. The van der Waals surface area contributed by atoms with Gasteiger partial charge in [-0.05, 0) is 18.9 Å². The molecule has 0 bridgehead atoms. The quantitative estimate of drug-likeness (QED) is 0.780. The van der Waals surface area contributed by atoms with Crippen molar-refractivity contribution in [3.63, 3.8) is 0 Å². The Balaban J connectivity index is 1.97. The third-order valence-corrected chi connectivity index (χ3v) is 2.93. The molecule has 1 aromatic heterocycles. The number of carbonyl (C=O) groups is 1. The van der Waals surface area contributed by atoms with Gasteiger partial charge >= 0.3 is 0 Å². The van der Waals surface area contributed by atoms with E-state index in [-0.39, 0.29) is 11.9 Å². The van der Waals surface area contributed by atoms with Gasteiger partial charge in [0.05, 0.1) is 0 Å². The predicted molar refractivity (Wildman–Crippen MR) is 58.5 cm³/mol. The van der Waals surface area contributed by atoms with Crippen LogP contribution in [-0.2, 0) is 0 Å². The lowest BCUT2D eigenvalue weighted by Gasteiger charge is -2.22. The van der Waals surface area contributed by atoms with Gasteiger partial charge in [0.15, 0.2) is 0 Å². The molecule has 86 valence electrons. The Morgan fingerprint density at radius 1 is 1.38 bits per heavy atom. The van der Waals surface area contributed by atoms with Crippen LogP contribution in [0.15, 0.2) is 18.3 Å². The summed E-state index contributed by atoms with van der Waals surface area (Å²) in [5, 5.41) is 2.93. The van der Waals surface area contributed by atoms with Crippen molar-refractivity contribution in [3.8, 4) is 0 Å². The molecule has 3 nitrogen and oxygen atoms in total. The third kappa shape index (κ3) is 2.78. The van der Waals surface area contributed by atoms with Gasteiger partial charge in [0, 0.05) is 23.9 Å². The summed E-state index contributed by atoms with van der Waals surface area (Å²) in [5.74, 6) is -0.815. The van der Waals surface area contributed by atoms with Crippen LogP contribution in [0.2, 0.25) is 0 Å². The summed E-state index contributed by atoms with van der Waals surface area (Å²) in [7, 11) is 0. The molecule has 1 aliphatic rings. The molecule has 1 N–H and O–H groups in total. The average Bonchev–Trinajstić information content (AvgIpc) is 2.30. The van der Waals surface area contributed by atoms with Crippen molar-refractivity contribution < 1.29 is 9.18 Å². The average molecular weight is 222 g/mol. The molecular formula is C12H15FN2O. The van der Waals surface area contributed by atoms with Gasteiger partial charge in [-0.1, -0.05) is 19.3 Å². The summed E-state index contributed by atoms with van der Waals surface area (Å²) in [5.41, 5.74) is 0.345. The third-order valence-electron chi connectivity index (χ3n) is 2.93. The van der Waals surface area contributed by atoms with Crippen LogP contribution in [0.3, 0.4) is 0 Å². The van der Waals surface area contributed by atoms with Crippen molar-refractivity contribution in [2.24, 2.45) is 0 Å². The Morgan fingerprint density at radius 3 is 2.81 bits per heavy atom. The number of carbonyl (C=O) groups excluding carboxylic acids is 1. The molecule has 1 fully saturated rings. The summed E-state index contributed by atoms with van der Waals surface area (Å²) in [6.07, 6.45) is 6.94. The molecule has 0 spiro atoms. The van der Waals surface area contributed by atoms with Crippen molar-refractivity contribution in [1.29, 1.82) is 0 Å². The first kappa shape index (κ1) is 11.0. The van der Waals surface area contributed by atoms with Gasteiger partial charge in [0.1, 0.15) is 0 Å². The second-order valence-corrected chi connectivity index (χ2v) is 4.18. The Morgan fingerprint density at radius 2 is 2.12 bits per heavy atom. The number of amides is 1. The number of nitrogens with one attached hydrogen (secondary N) is 1. The number of hydrogen-bond donors (Lipinski definition) is 1. The van der Waals surface area contributed by atoms with Gasteiger partial charge < -0.3 is 5.32 Å². The van der Waals surface area contributed by atoms with E-state index in [2.05, 4.69) is 10.3 Å². The summed E-state index contributed by atoms with van der Waals surface area (Å²) in [6.45, 7) is 0. The summed E-state index contributed by atoms with van der Waals surface area (Å²) < 4.78 is 12.8. The maximum Gasteiger partial charge on any atom is 0.251 e. The molecule has 0 aliphatic heterocycles. The smallest absolute Gasteiger partial charge is 0.251 e. The van der Waals surface area contributed by atoms with E-state index in [1.807, 2.05) is 0 Å². The summed E-state index contributed by atoms with van der Waals surface area (Å²) >= 11 is 0. The van der Waals surface area contributed by atoms with Crippen LogP contribution in [0.25, 0.3) is 0 Å². The fourth-order valence-electron chi connectivity index (χ4n) is 2.06. The summed E-state index contributed by atoms with van der Waals surface area (Å²) in [4.78, 5) is 15.2. The second-order valence-electron chi connectivity index (χ2n) is 4.18. The van der Waals surface area contributed by atoms with Crippen LogP contribution in [0.5, 0.6) is 0 Å². The van der Waals surface area contributed by atoms with Crippen LogP contribution in [0.1, 0.15) is 42.5 Å². The minimum Gasteiger partial charge on any atom is -0.349 e. The van der Waals surface area contributed by atoms with E-state index in [1.54, 1.807) is 0 Å². The number of nitrogens with zero attached hydrogens (tertiary/aromatic N) is 1. The highest BCUT2D eigenvalue weighted by atomic mass is 19.1. The SMILES string of the molecule is O=C(NC1CCCCC1)c1ccnc(F)c1. The van der Waals surface area contributed by atoms with Gasteiger partial charge in [0.25, 0.3) is 5.91 Å². The first-order valence-electron chi connectivity index (χ1n) is 5.68. The highest BCUT2D eigenvalue weighted by Gasteiger charge is 2.16. The van der Waals surface area contributed by atoms with Gasteiger partial charge in [-0.25, -0.2) is 4.98 Å². The van der Waals surface area contributed by atoms with Crippen molar-refractivity contribution in [3.05, 3.63) is 29.8 Å². The molecule has 1 heterocycles. The molecule has 1 saturated carbocycles. The fraction of sp³-hybridized carbons (Fsp3) is 0.500. The van der Waals surface area contributed by atoms with E-state index < -0.39 is 5.95 Å². The maximum atomic E-state index is 12.8. The topological polar surface area (TPSA) is 42.0 Å². The molecule has 1 aromatic rings. The molecule has 0 unspecified atom stereocenters. The van der Waals surface area contributed by atoms with Gasteiger partial charge in [0.2, 0.25) is 5.95 Å². The van der Waals surface area contributed by atoms with Gasteiger partial charge in [-0.15, -0.1) is 0 Å². The van der Waals surface area contributed by atoms with E-state index in [4.69, 9.17) is 0 Å². The molecule has 4 heteroatoms. The fourth-order valence-corrected chi connectivity index (χ4v) is 2.06. The molecule has 0 atom stereocenters. The highest BCUT2D eigenvalue weighted by Crippen LogP contribution is 2.17. The van der Waals surface area contributed by atoms with Crippen LogP contribution in [0.4, 0.5) is 4.39 Å². The number of halogens is 1. The zero-order valence-electron chi connectivity index (χ0n) is 9.08. The van der Waals surface area contributed by atoms with Gasteiger partial charge in [-0.2, -0.15) is 4.39 Å². The Labute approximate surface area is 94.1 Å². The van der Waals surface area contributed by atoms with E-state index in [1.165, 1.54) is 18.7 Å². The van der Waals surface area contributed by atoms with E-state index >= 15 is 0 Å². The van der Waals surface area contributed by atoms with E-state index in [9.17, 15) is 9.18 Å². The van der Waals surface area contributed by atoms with Crippen LogP contribution in [0, 0.1) is 5.95 Å². The van der Waals surface area contributed by atoms with Crippen molar-refractivity contribution in [2.75, 3.05) is 0 Å². The van der Waals surface area contributed by atoms with E-state index in [0.717, 1.165) is 31.7 Å². The number of rotatable bonds is 2. The van der Waals surface area contributed by atoms with Crippen LogP contribution in [-0.4, -0.2) is 16.9 Å². The lowest BCUT2D eigenvalue weighted by Crippen LogP contribution is -2.36.